The van der Waals surface area contributed by atoms with Crippen molar-refractivity contribution in [3.8, 4) is 11.5 Å². The normalized spacial score (nSPS) is 18.6. The molecule has 1 aromatic rings. The first-order chi connectivity index (χ1) is 11.8. The van der Waals surface area contributed by atoms with Gasteiger partial charge in [0.1, 0.15) is 6.04 Å². The minimum atomic E-state index is -0.475. The van der Waals surface area contributed by atoms with Crippen LogP contribution >= 0.6 is 0 Å². The Morgan fingerprint density at radius 2 is 2.04 bits per heavy atom. The fraction of sp³-hybridized carbons (Fsp3) is 0.556. The molecular weight excluding hydrogens is 322 g/mol. The highest BCUT2D eigenvalue weighted by atomic mass is 16.5. The fourth-order valence-corrected chi connectivity index (χ4v) is 2.72. The standard InChI is InChI=1S/C18H27N3O4/c1-11(2)25-15-7-6-14(10-16(15)24-5)12(3)20-18(23)21-9-8-19-17(22)13(21)4/h6-7,10-13H,8-9H2,1-5H3,(H,19,22)(H,20,23)/t12-,13+/m1/s1. The first-order valence-electron chi connectivity index (χ1n) is 8.53. The van der Waals surface area contributed by atoms with Crippen molar-refractivity contribution in [3.05, 3.63) is 23.8 Å². The quantitative estimate of drug-likeness (QED) is 0.853. The Bertz CT molecular complexity index is 633. The lowest BCUT2D eigenvalue weighted by atomic mass is 10.1. The number of nitrogens with zero attached hydrogens (tertiary/aromatic N) is 1. The maximum Gasteiger partial charge on any atom is 0.318 e. The largest absolute Gasteiger partial charge is 0.493 e. The van der Waals surface area contributed by atoms with Crippen LogP contribution in [0, 0.1) is 0 Å². The number of amides is 3. The van der Waals surface area contributed by atoms with Crippen LogP contribution in [0.25, 0.3) is 0 Å². The second kappa shape index (κ2) is 8.09. The summed E-state index contributed by atoms with van der Waals surface area (Å²) >= 11 is 0. The van der Waals surface area contributed by atoms with Gasteiger partial charge in [-0.1, -0.05) is 6.07 Å². The Morgan fingerprint density at radius 3 is 2.68 bits per heavy atom. The molecule has 1 aliphatic rings. The molecule has 25 heavy (non-hydrogen) atoms. The number of rotatable bonds is 5. The van der Waals surface area contributed by atoms with E-state index in [9.17, 15) is 9.59 Å². The zero-order valence-corrected chi connectivity index (χ0v) is 15.5. The number of carbonyl (C=O) groups excluding carboxylic acids is 2. The van der Waals surface area contributed by atoms with Gasteiger partial charge in [-0.05, 0) is 45.4 Å². The van der Waals surface area contributed by atoms with Gasteiger partial charge in [-0.15, -0.1) is 0 Å². The lowest BCUT2D eigenvalue weighted by Gasteiger charge is -2.33. The van der Waals surface area contributed by atoms with Crippen molar-refractivity contribution in [2.75, 3.05) is 20.2 Å². The molecular formula is C18H27N3O4. The maximum atomic E-state index is 12.5. The molecule has 1 aromatic carbocycles. The Morgan fingerprint density at radius 1 is 1.32 bits per heavy atom. The van der Waals surface area contributed by atoms with Crippen molar-refractivity contribution in [3.63, 3.8) is 0 Å². The molecule has 0 spiro atoms. The summed E-state index contributed by atoms with van der Waals surface area (Å²) in [6.07, 6.45) is 0.0450. The van der Waals surface area contributed by atoms with Gasteiger partial charge < -0.3 is 25.0 Å². The van der Waals surface area contributed by atoms with E-state index in [1.165, 1.54) is 0 Å². The highest BCUT2D eigenvalue weighted by Gasteiger charge is 2.30. The van der Waals surface area contributed by atoms with E-state index in [1.807, 2.05) is 39.0 Å². The number of methoxy groups -OCH3 is 1. The van der Waals surface area contributed by atoms with E-state index in [0.29, 0.717) is 24.6 Å². The van der Waals surface area contributed by atoms with Crippen LogP contribution in [0.2, 0.25) is 0 Å². The van der Waals surface area contributed by atoms with Gasteiger partial charge in [0.2, 0.25) is 5.91 Å². The number of hydrogen-bond donors (Lipinski definition) is 2. The predicted octanol–water partition coefficient (Wildman–Crippen LogP) is 2.07. The molecule has 7 nitrogen and oxygen atoms in total. The molecule has 138 valence electrons. The van der Waals surface area contributed by atoms with Crippen LogP contribution in [0.5, 0.6) is 11.5 Å². The Balaban J connectivity index is 2.08. The van der Waals surface area contributed by atoms with Gasteiger partial charge in [-0.3, -0.25) is 4.79 Å². The Kier molecular flexibility index (Phi) is 6.12. The molecule has 1 saturated heterocycles. The van der Waals surface area contributed by atoms with Gasteiger partial charge in [0.05, 0.1) is 19.3 Å². The third kappa shape index (κ3) is 4.55. The van der Waals surface area contributed by atoms with E-state index >= 15 is 0 Å². The summed E-state index contributed by atoms with van der Waals surface area (Å²) in [7, 11) is 1.59. The monoisotopic (exact) mass is 349 g/mol. The summed E-state index contributed by atoms with van der Waals surface area (Å²) < 4.78 is 11.1. The fourth-order valence-electron chi connectivity index (χ4n) is 2.72. The number of carbonyl (C=O) groups is 2. The third-order valence-corrected chi connectivity index (χ3v) is 4.15. The number of nitrogens with one attached hydrogen (secondary N) is 2. The van der Waals surface area contributed by atoms with Gasteiger partial charge in [0.25, 0.3) is 0 Å². The Labute approximate surface area is 148 Å². The topological polar surface area (TPSA) is 79.9 Å². The molecule has 2 N–H and O–H groups in total. The number of hydrogen-bond acceptors (Lipinski definition) is 4. The predicted molar refractivity (Wildman–Crippen MR) is 94.9 cm³/mol. The van der Waals surface area contributed by atoms with Crippen LogP contribution in [0.1, 0.15) is 39.3 Å². The van der Waals surface area contributed by atoms with E-state index in [2.05, 4.69) is 10.6 Å². The summed E-state index contributed by atoms with van der Waals surface area (Å²) in [5.41, 5.74) is 0.899. The highest BCUT2D eigenvalue weighted by Crippen LogP contribution is 2.31. The summed E-state index contributed by atoms with van der Waals surface area (Å²) in [6, 6.07) is 4.64. The average Bonchev–Trinajstić information content (AvgIpc) is 2.56. The van der Waals surface area contributed by atoms with E-state index < -0.39 is 6.04 Å². The van der Waals surface area contributed by atoms with Gasteiger partial charge in [-0.2, -0.15) is 0 Å². The van der Waals surface area contributed by atoms with Crippen molar-refractivity contribution < 1.29 is 19.1 Å². The van der Waals surface area contributed by atoms with E-state index in [4.69, 9.17) is 9.47 Å². The molecule has 1 fully saturated rings. The number of ether oxygens (including phenoxy) is 2. The highest BCUT2D eigenvalue weighted by molar-refractivity contribution is 5.88. The smallest absolute Gasteiger partial charge is 0.318 e. The number of urea groups is 1. The lowest BCUT2D eigenvalue weighted by Crippen LogP contribution is -2.58. The molecule has 1 heterocycles. The van der Waals surface area contributed by atoms with Crippen LogP contribution in [-0.4, -0.2) is 49.2 Å². The summed E-state index contributed by atoms with van der Waals surface area (Å²) in [5.74, 6) is 1.16. The molecule has 2 rings (SSSR count). The number of benzene rings is 1. The zero-order valence-electron chi connectivity index (χ0n) is 15.5. The summed E-state index contributed by atoms with van der Waals surface area (Å²) in [6.45, 7) is 8.48. The zero-order chi connectivity index (χ0) is 18.6. The molecule has 0 unspecified atom stereocenters. The summed E-state index contributed by atoms with van der Waals surface area (Å²) in [4.78, 5) is 25.7. The Hall–Kier alpha value is -2.44. The molecule has 0 radical (unpaired) electrons. The van der Waals surface area contributed by atoms with Gasteiger partial charge in [-0.25, -0.2) is 4.79 Å². The van der Waals surface area contributed by atoms with Crippen LogP contribution < -0.4 is 20.1 Å². The first-order valence-corrected chi connectivity index (χ1v) is 8.53. The first kappa shape index (κ1) is 18.9. The third-order valence-electron chi connectivity index (χ3n) is 4.15. The molecule has 1 aliphatic heterocycles. The van der Waals surface area contributed by atoms with Crippen LogP contribution in [0.4, 0.5) is 4.79 Å². The van der Waals surface area contributed by atoms with Gasteiger partial charge in [0.15, 0.2) is 11.5 Å². The van der Waals surface area contributed by atoms with Crippen molar-refractivity contribution in [2.24, 2.45) is 0 Å². The average molecular weight is 349 g/mol. The minimum Gasteiger partial charge on any atom is -0.493 e. The lowest BCUT2D eigenvalue weighted by molar-refractivity contribution is -0.126. The van der Waals surface area contributed by atoms with E-state index in [1.54, 1.807) is 18.9 Å². The second-order valence-corrected chi connectivity index (χ2v) is 6.41. The van der Waals surface area contributed by atoms with E-state index in [-0.39, 0.29) is 24.1 Å². The molecule has 7 heteroatoms. The van der Waals surface area contributed by atoms with Crippen molar-refractivity contribution in [2.45, 2.75) is 45.9 Å². The van der Waals surface area contributed by atoms with Crippen molar-refractivity contribution >= 4 is 11.9 Å². The second-order valence-electron chi connectivity index (χ2n) is 6.41. The number of piperazine rings is 1. The van der Waals surface area contributed by atoms with Crippen LogP contribution in [0.15, 0.2) is 18.2 Å². The SMILES string of the molecule is COc1cc([C@@H](C)NC(=O)N2CCNC(=O)[C@@H]2C)ccc1OC(C)C. The van der Waals surface area contributed by atoms with Gasteiger partial charge >= 0.3 is 6.03 Å². The molecule has 0 aromatic heterocycles. The molecule has 0 saturated carbocycles. The molecule has 0 aliphatic carbocycles. The summed E-state index contributed by atoms with van der Waals surface area (Å²) in [5, 5.41) is 5.69. The molecule has 3 amide bonds. The molecule has 2 atom stereocenters. The maximum absolute atomic E-state index is 12.5. The van der Waals surface area contributed by atoms with Crippen molar-refractivity contribution in [1.82, 2.24) is 15.5 Å². The van der Waals surface area contributed by atoms with E-state index in [0.717, 1.165) is 5.56 Å². The van der Waals surface area contributed by atoms with Crippen LogP contribution in [0.3, 0.4) is 0 Å². The van der Waals surface area contributed by atoms with Crippen LogP contribution in [-0.2, 0) is 4.79 Å². The van der Waals surface area contributed by atoms with Gasteiger partial charge in [0, 0.05) is 13.1 Å². The van der Waals surface area contributed by atoms with Crippen molar-refractivity contribution in [1.29, 1.82) is 0 Å². The molecule has 0 bridgehead atoms. The minimum absolute atomic E-state index is 0.0450.